The first-order chi connectivity index (χ1) is 8.83. The number of likely N-dealkylation sites (tertiary alicyclic amines) is 1. The summed E-state index contributed by atoms with van der Waals surface area (Å²) in [6, 6.07) is 3.77. The van der Waals surface area contributed by atoms with Crippen LogP contribution >= 0.6 is 11.8 Å². The van der Waals surface area contributed by atoms with Gasteiger partial charge in [-0.05, 0) is 48.4 Å². The van der Waals surface area contributed by atoms with E-state index < -0.39 is 0 Å². The summed E-state index contributed by atoms with van der Waals surface area (Å²) in [5.41, 5.74) is 0.985. The summed E-state index contributed by atoms with van der Waals surface area (Å²) in [5, 5.41) is 0.859. The second-order valence-electron chi connectivity index (χ2n) is 4.28. The molecule has 1 amide bonds. The Bertz CT molecular complexity index is 518. The highest BCUT2D eigenvalue weighted by atomic mass is 32.2. The van der Waals surface area contributed by atoms with Crippen molar-refractivity contribution in [3.63, 3.8) is 0 Å². The number of rotatable bonds is 1. The van der Waals surface area contributed by atoms with Gasteiger partial charge in [0.15, 0.2) is 5.17 Å². The third-order valence-corrected chi connectivity index (χ3v) is 4.03. The molecule has 0 spiro atoms. The van der Waals surface area contributed by atoms with E-state index in [9.17, 15) is 4.79 Å². The maximum absolute atomic E-state index is 11.8. The number of amides is 1. The van der Waals surface area contributed by atoms with Crippen LogP contribution in [0, 0.1) is 0 Å². The number of nitrogens with zero attached hydrogens (tertiary/aromatic N) is 3. The number of hydrogen-bond donors (Lipinski definition) is 0. The molecule has 2 aliphatic heterocycles. The standard InChI is InChI=1S/C13H13N3OS/c17-12-11(9-10-3-5-14-6-4-10)18-13(15-12)16-7-1-2-8-16/h3-6,9H,1-2,7-8H2/b11-9-. The SMILES string of the molecule is O=C1N=C(N2CCCC2)S/C1=C\c1ccncc1. The van der Waals surface area contributed by atoms with Crippen molar-refractivity contribution in [1.82, 2.24) is 9.88 Å². The van der Waals surface area contributed by atoms with E-state index in [1.165, 1.54) is 24.6 Å². The van der Waals surface area contributed by atoms with Gasteiger partial charge in [0, 0.05) is 25.5 Å². The maximum atomic E-state index is 11.8. The van der Waals surface area contributed by atoms with Crippen molar-refractivity contribution in [3.05, 3.63) is 35.0 Å². The van der Waals surface area contributed by atoms with E-state index in [0.717, 1.165) is 23.8 Å². The van der Waals surface area contributed by atoms with Gasteiger partial charge in [-0.25, -0.2) is 0 Å². The molecular formula is C13H13N3OS. The average molecular weight is 259 g/mol. The van der Waals surface area contributed by atoms with E-state index in [-0.39, 0.29) is 5.91 Å². The van der Waals surface area contributed by atoms with Gasteiger partial charge in [0.2, 0.25) is 0 Å². The number of aromatic nitrogens is 1. The summed E-state index contributed by atoms with van der Waals surface area (Å²) in [7, 11) is 0. The molecule has 92 valence electrons. The van der Waals surface area contributed by atoms with Crippen LogP contribution in [0.4, 0.5) is 0 Å². The van der Waals surface area contributed by atoms with Gasteiger partial charge >= 0.3 is 0 Å². The second-order valence-corrected chi connectivity index (χ2v) is 5.29. The maximum Gasteiger partial charge on any atom is 0.286 e. The first-order valence-electron chi connectivity index (χ1n) is 6.00. The largest absolute Gasteiger partial charge is 0.351 e. The Hall–Kier alpha value is -1.62. The zero-order valence-electron chi connectivity index (χ0n) is 9.87. The lowest BCUT2D eigenvalue weighted by Gasteiger charge is -2.14. The zero-order chi connectivity index (χ0) is 12.4. The first-order valence-corrected chi connectivity index (χ1v) is 6.82. The molecule has 2 aliphatic rings. The van der Waals surface area contributed by atoms with Crippen LogP contribution in [0.2, 0.25) is 0 Å². The van der Waals surface area contributed by atoms with Crippen LogP contribution in [0.1, 0.15) is 18.4 Å². The second kappa shape index (κ2) is 4.94. The molecule has 0 saturated carbocycles. The number of carbonyl (C=O) groups excluding carboxylic acids is 1. The molecule has 3 rings (SSSR count). The molecule has 3 heterocycles. The Morgan fingerprint density at radius 2 is 1.94 bits per heavy atom. The number of hydrogen-bond acceptors (Lipinski definition) is 4. The minimum absolute atomic E-state index is 0.126. The van der Waals surface area contributed by atoms with Gasteiger partial charge in [0.05, 0.1) is 4.91 Å². The van der Waals surface area contributed by atoms with E-state index in [4.69, 9.17) is 0 Å². The number of amidine groups is 1. The van der Waals surface area contributed by atoms with Crippen molar-refractivity contribution in [1.29, 1.82) is 0 Å². The Labute approximate surface area is 110 Å². The van der Waals surface area contributed by atoms with Crippen molar-refractivity contribution in [2.24, 2.45) is 4.99 Å². The summed E-state index contributed by atoms with van der Waals surface area (Å²) in [5.74, 6) is -0.126. The highest BCUT2D eigenvalue weighted by Gasteiger charge is 2.27. The molecule has 1 aromatic rings. The highest BCUT2D eigenvalue weighted by molar-refractivity contribution is 8.18. The van der Waals surface area contributed by atoms with Gasteiger partial charge in [-0.15, -0.1) is 0 Å². The molecule has 0 unspecified atom stereocenters. The summed E-state index contributed by atoms with van der Waals surface area (Å²) in [6.07, 6.45) is 7.70. The third-order valence-electron chi connectivity index (χ3n) is 2.99. The molecule has 0 radical (unpaired) electrons. The van der Waals surface area contributed by atoms with Gasteiger partial charge in [0.25, 0.3) is 5.91 Å². The Morgan fingerprint density at radius 3 is 2.67 bits per heavy atom. The number of thioether (sulfide) groups is 1. The Kier molecular flexibility index (Phi) is 3.15. The number of pyridine rings is 1. The molecule has 18 heavy (non-hydrogen) atoms. The molecule has 4 nitrogen and oxygen atoms in total. The van der Waals surface area contributed by atoms with Crippen LogP contribution < -0.4 is 0 Å². The van der Waals surface area contributed by atoms with Gasteiger partial charge in [-0.1, -0.05) is 0 Å². The quantitative estimate of drug-likeness (QED) is 0.725. The zero-order valence-corrected chi connectivity index (χ0v) is 10.7. The highest BCUT2D eigenvalue weighted by Crippen LogP contribution is 2.31. The van der Waals surface area contributed by atoms with Crippen LogP contribution in [-0.2, 0) is 4.79 Å². The molecule has 1 aromatic heterocycles. The monoisotopic (exact) mass is 259 g/mol. The summed E-state index contributed by atoms with van der Waals surface area (Å²) < 4.78 is 0. The van der Waals surface area contributed by atoms with Crippen LogP contribution in [0.5, 0.6) is 0 Å². The molecule has 0 N–H and O–H groups in total. The molecule has 5 heteroatoms. The lowest BCUT2D eigenvalue weighted by molar-refractivity contribution is -0.113. The normalized spacial score (nSPS) is 21.8. The van der Waals surface area contributed by atoms with Crippen LogP contribution in [0.25, 0.3) is 6.08 Å². The number of carbonyl (C=O) groups is 1. The minimum Gasteiger partial charge on any atom is -0.351 e. The molecule has 0 aromatic carbocycles. The van der Waals surface area contributed by atoms with Crippen molar-refractivity contribution in [2.75, 3.05) is 13.1 Å². The van der Waals surface area contributed by atoms with Gasteiger partial charge < -0.3 is 4.90 Å². The van der Waals surface area contributed by atoms with Crippen molar-refractivity contribution < 1.29 is 4.79 Å². The topological polar surface area (TPSA) is 45.6 Å². The van der Waals surface area contributed by atoms with Crippen LogP contribution in [0.15, 0.2) is 34.4 Å². The lowest BCUT2D eigenvalue weighted by atomic mass is 10.2. The van der Waals surface area contributed by atoms with E-state index in [0.29, 0.717) is 4.91 Å². The van der Waals surface area contributed by atoms with Crippen molar-refractivity contribution in [3.8, 4) is 0 Å². The molecule has 1 fully saturated rings. The third kappa shape index (κ3) is 2.31. The van der Waals surface area contributed by atoms with Crippen LogP contribution in [0.3, 0.4) is 0 Å². The molecular weight excluding hydrogens is 246 g/mol. The van der Waals surface area contributed by atoms with Gasteiger partial charge in [-0.2, -0.15) is 4.99 Å². The molecule has 0 bridgehead atoms. The first kappa shape index (κ1) is 11.5. The fourth-order valence-corrected chi connectivity index (χ4v) is 3.02. The fraction of sp³-hybridized carbons (Fsp3) is 0.308. The van der Waals surface area contributed by atoms with Crippen molar-refractivity contribution >= 4 is 28.9 Å². The fourth-order valence-electron chi connectivity index (χ4n) is 2.05. The number of aliphatic imine (C=N–C) groups is 1. The molecule has 0 aliphatic carbocycles. The predicted octanol–water partition coefficient (Wildman–Crippen LogP) is 2.15. The summed E-state index contributed by atoms with van der Waals surface area (Å²) >= 11 is 1.48. The van der Waals surface area contributed by atoms with E-state index in [2.05, 4.69) is 14.9 Å². The van der Waals surface area contributed by atoms with Gasteiger partial charge in [0.1, 0.15) is 0 Å². The summed E-state index contributed by atoms with van der Waals surface area (Å²) in [4.78, 5) is 22.8. The molecule has 1 saturated heterocycles. The van der Waals surface area contributed by atoms with E-state index in [1.807, 2.05) is 18.2 Å². The van der Waals surface area contributed by atoms with Gasteiger partial charge in [-0.3, -0.25) is 9.78 Å². The summed E-state index contributed by atoms with van der Waals surface area (Å²) in [6.45, 7) is 2.03. The smallest absolute Gasteiger partial charge is 0.286 e. The molecule has 0 atom stereocenters. The van der Waals surface area contributed by atoms with Crippen molar-refractivity contribution in [2.45, 2.75) is 12.8 Å². The lowest BCUT2D eigenvalue weighted by Crippen LogP contribution is -2.23. The average Bonchev–Trinajstić information content (AvgIpc) is 3.01. The minimum atomic E-state index is -0.126. The van der Waals surface area contributed by atoms with E-state index in [1.54, 1.807) is 12.4 Å². The Balaban J connectivity index is 1.77. The predicted molar refractivity (Wildman–Crippen MR) is 73.1 cm³/mol. The Morgan fingerprint density at radius 1 is 1.22 bits per heavy atom. The van der Waals surface area contributed by atoms with E-state index >= 15 is 0 Å². The van der Waals surface area contributed by atoms with Crippen LogP contribution in [-0.4, -0.2) is 34.0 Å².